The Morgan fingerprint density at radius 2 is 2.24 bits per heavy atom. The minimum Gasteiger partial charge on any atom is -0.496 e. The summed E-state index contributed by atoms with van der Waals surface area (Å²) in [7, 11) is 3.51. The van der Waals surface area contributed by atoms with Gasteiger partial charge in [-0.3, -0.25) is 4.68 Å². The summed E-state index contributed by atoms with van der Waals surface area (Å²) in [5, 5.41) is 19.2. The van der Waals surface area contributed by atoms with Crippen molar-refractivity contribution in [3.8, 4) is 5.75 Å². The Hall–Kier alpha value is -2.54. The zero-order chi connectivity index (χ0) is 15.2. The van der Waals surface area contributed by atoms with E-state index in [1.165, 1.54) is 0 Å². The second-order valence-electron chi connectivity index (χ2n) is 4.56. The van der Waals surface area contributed by atoms with Gasteiger partial charge in [-0.15, -0.1) is 0 Å². The fraction of sp³-hybridized carbons (Fsp3) is 0.286. The van der Waals surface area contributed by atoms with Gasteiger partial charge in [-0.1, -0.05) is 5.16 Å². The van der Waals surface area contributed by atoms with E-state index in [0.29, 0.717) is 18.7 Å². The molecule has 0 saturated carbocycles. The maximum atomic E-state index is 8.74. The molecule has 0 fully saturated rings. The third-order valence-corrected chi connectivity index (χ3v) is 3.23. The number of nitrogens with two attached hydrogens (primary N) is 1. The predicted molar refractivity (Wildman–Crippen MR) is 79.3 cm³/mol. The van der Waals surface area contributed by atoms with Crippen molar-refractivity contribution in [3.63, 3.8) is 0 Å². The normalized spacial score (nSPS) is 11.6. The van der Waals surface area contributed by atoms with Crippen molar-refractivity contribution in [2.45, 2.75) is 13.1 Å². The number of hydrogen-bond acceptors (Lipinski definition) is 5. The number of nitrogens with zero attached hydrogens (tertiary/aromatic N) is 3. The fourth-order valence-electron chi connectivity index (χ4n) is 2.03. The highest BCUT2D eigenvalue weighted by atomic mass is 16.5. The lowest BCUT2D eigenvalue weighted by Gasteiger charge is -2.11. The number of benzene rings is 1. The molecule has 0 spiro atoms. The first-order valence-corrected chi connectivity index (χ1v) is 6.48. The van der Waals surface area contributed by atoms with Gasteiger partial charge in [0.2, 0.25) is 0 Å². The highest BCUT2D eigenvalue weighted by Crippen LogP contribution is 2.19. The molecule has 1 aromatic heterocycles. The molecule has 7 nitrogen and oxygen atoms in total. The summed E-state index contributed by atoms with van der Waals surface area (Å²) in [6.07, 6.45) is 1.76. The highest BCUT2D eigenvalue weighted by molar-refractivity contribution is 5.97. The molecular weight excluding hydrogens is 270 g/mol. The van der Waals surface area contributed by atoms with Crippen molar-refractivity contribution in [1.29, 1.82) is 0 Å². The third kappa shape index (κ3) is 3.51. The maximum absolute atomic E-state index is 8.74. The van der Waals surface area contributed by atoms with Crippen molar-refractivity contribution in [2.24, 2.45) is 17.9 Å². The number of amidine groups is 1. The molecule has 7 heteroatoms. The lowest BCUT2D eigenvalue weighted by Crippen LogP contribution is -2.17. The Bertz CT molecular complexity index is 636. The smallest absolute Gasteiger partial charge is 0.170 e. The van der Waals surface area contributed by atoms with E-state index in [2.05, 4.69) is 15.6 Å². The van der Waals surface area contributed by atoms with Crippen LogP contribution < -0.4 is 15.8 Å². The van der Waals surface area contributed by atoms with Gasteiger partial charge in [0, 0.05) is 37.5 Å². The number of oxime groups is 1. The lowest BCUT2D eigenvalue weighted by atomic mass is 10.1. The van der Waals surface area contributed by atoms with Gasteiger partial charge in [0.25, 0.3) is 0 Å². The van der Waals surface area contributed by atoms with Crippen LogP contribution in [0.3, 0.4) is 0 Å². The molecule has 112 valence electrons. The summed E-state index contributed by atoms with van der Waals surface area (Å²) >= 11 is 0. The maximum Gasteiger partial charge on any atom is 0.170 e. The zero-order valence-corrected chi connectivity index (χ0v) is 12.1. The quantitative estimate of drug-likeness (QED) is 0.316. The molecule has 4 N–H and O–H groups in total. The monoisotopic (exact) mass is 289 g/mol. The summed E-state index contributed by atoms with van der Waals surface area (Å²) in [6, 6.07) is 7.34. The Kier molecular flexibility index (Phi) is 4.78. The van der Waals surface area contributed by atoms with Crippen LogP contribution in [0.25, 0.3) is 0 Å². The number of ether oxygens (including phenoxy) is 1. The van der Waals surface area contributed by atoms with Crippen molar-refractivity contribution in [2.75, 3.05) is 7.11 Å². The first-order valence-electron chi connectivity index (χ1n) is 6.48. The standard InChI is InChI=1S/C14H19N5O2/c1-19-12(5-6-17-19)9-16-8-11-7-10(14(15)18-20)3-4-13(11)21-2/h3-7,16,20H,8-9H2,1-2H3,(H2,15,18). The molecule has 0 saturated heterocycles. The molecule has 21 heavy (non-hydrogen) atoms. The largest absolute Gasteiger partial charge is 0.496 e. The molecule has 2 aromatic rings. The van der Waals surface area contributed by atoms with Crippen LogP contribution in [-0.2, 0) is 20.1 Å². The van der Waals surface area contributed by atoms with Crippen LogP contribution in [0.1, 0.15) is 16.8 Å². The van der Waals surface area contributed by atoms with Crippen molar-refractivity contribution in [3.05, 3.63) is 47.3 Å². The molecule has 0 amide bonds. The average molecular weight is 289 g/mol. The summed E-state index contributed by atoms with van der Waals surface area (Å²) in [5.41, 5.74) is 8.28. The van der Waals surface area contributed by atoms with Crippen molar-refractivity contribution in [1.82, 2.24) is 15.1 Å². The molecule has 0 unspecified atom stereocenters. The van der Waals surface area contributed by atoms with Gasteiger partial charge >= 0.3 is 0 Å². The van der Waals surface area contributed by atoms with Crippen molar-refractivity contribution < 1.29 is 9.94 Å². The van der Waals surface area contributed by atoms with E-state index in [-0.39, 0.29) is 5.84 Å². The van der Waals surface area contributed by atoms with Crippen LogP contribution in [0.2, 0.25) is 0 Å². The number of aryl methyl sites for hydroxylation is 1. The van der Waals surface area contributed by atoms with Crippen LogP contribution in [0.5, 0.6) is 5.75 Å². The van der Waals surface area contributed by atoms with Crippen LogP contribution >= 0.6 is 0 Å². The Morgan fingerprint density at radius 1 is 1.43 bits per heavy atom. The predicted octanol–water partition coefficient (Wildman–Crippen LogP) is 0.813. The Labute approximate surface area is 123 Å². The second kappa shape index (κ2) is 6.76. The number of hydrogen-bond donors (Lipinski definition) is 3. The topological polar surface area (TPSA) is 97.7 Å². The lowest BCUT2D eigenvalue weighted by molar-refractivity contribution is 0.318. The molecule has 0 aliphatic heterocycles. The highest BCUT2D eigenvalue weighted by Gasteiger charge is 2.07. The molecule has 2 rings (SSSR count). The van der Waals surface area contributed by atoms with Crippen LogP contribution in [0.4, 0.5) is 0 Å². The molecule has 0 radical (unpaired) electrons. The zero-order valence-electron chi connectivity index (χ0n) is 12.1. The summed E-state index contributed by atoms with van der Waals surface area (Å²) in [4.78, 5) is 0. The van der Waals surface area contributed by atoms with Gasteiger partial charge < -0.3 is 21.0 Å². The minimum absolute atomic E-state index is 0.0746. The number of rotatable bonds is 6. The Morgan fingerprint density at radius 3 is 2.86 bits per heavy atom. The number of nitrogens with one attached hydrogen (secondary N) is 1. The van der Waals surface area contributed by atoms with Crippen LogP contribution in [0, 0.1) is 0 Å². The van der Waals surface area contributed by atoms with Crippen LogP contribution in [0.15, 0.2) is 35.6 Å². The second-order valence-corrected chi connectivity index (χ2v) is 4.56. The van der Waals surface area contributed by atoms with Crippen LogP contribution in [-0.4, -0.2) is 27.9 Å². The van der Waals surface area contributed by atoms with E-state index in [0.717, 1.165) is 17.0 Å². The molecule has 1 heterocycles. The first-order chi connectivity index (χ1) is 10.2. The summed E-state index contributed by atoms with van der Waals surface area (Å²) in [6.45, 7) is 1.29. The number of methoxy groups -OCH3 is 1. The van der Waals surface area contributed by atoms with Gasteiger partial charge in [0.1, 0.15) is 5.75 Å². The van der Waals surface area contributed by atoms with E-state index < -0.39 is 0 Å². The number of aromatic nitrogens is 2. The van der Waals surface area contributed by atoms with E-state index in [1.807, 2.05) is 23.9 Å². The fourth-order valence-corrected chi connectivity index (χ4v) is 2.03. The molecule has 0 aliphatic carbocycles. The SMILES string of the molecule is COc1ccc(/C(N)=N/O)cc1CNCc1ccnn1C. The van der Waals surface area contributed by atoms with E-state index in [1.54, 1.807) is 25.4 Å². The molecular formula is C14H19N5O2. The average Bonchev–Trinajstić information content (AvgIpc) is 2.91. The molecule has 1 aromatic carbocycles. The first kappa shape index (κ1) is 14.9. The minimum atomic E-state index is 0.0746. The third-order valence-electron chi connectivity index (χ3n) is 3.23. The van der Waals surface area contributed by atoms with Gasteiger partial charge in [0.15, 0.2) is 5.84 Å². The van der Waals surface area contributed by atoms with Gasteiger partial charge in [-0.05, 0) is 24.3 Å². The van der Waals surface area contributed by atoms with Crippen molar-refractivity contribution >= 4 is 5.84 Å². The van der Waals surface area contributed by atoms with Gasteiger partial charge in [-0.25, -0.2) is 0 Å². The molecule has 0 atom stereocenters. The van der Waals surface area contributed by atoms with Gasteiger partial charge in [0.05, 0.1) is 12.8 Å². The summed E-state index contributed by atoms with van der Waals surface area (Å²) < 4.78 is 7.14. The van der Waals surface area contributed by atoms with E-state index in [9.17, 15) is 0 Å². The van der Waals surface area contributed by atoms with E-state index in [4.69, 9.17) is 15.7 Å². The Balaban J connectivity index is 2.09. The summed E-state index contributed by atoms with van der Waals surface area (Å²) in [5.74, 6) is 0.826. The van der Waals surface area contributed by atoms with E-state index >= 15 is 0 Å². The molecule has 0 aliphatic rings. The van der Waals surface area contributed by atoms with Gasteiger partial charge in [-0.2, -0.15) is 5.10 Å². The molecule has 0 bridgehead atoms.